The van der Waals surface area contributed by atoms with Gasteiger partial charge < -0.3 is 5.32 Å². The maximum absolute atomic E-state index is 3.68. The summed E-state index contributed by atoms with van der Waals surface area (Å²) in [5.74, 6) is 0.792. The molecule has 13 heavy (non-hydrogen) atoms. The highest BCUT2D eigenvalue weighted by molar-refractivity contribution is 5.24. The summed E-state index contributed by atoms with van der Waals surface area (Å²) in [6, 6.07) is 12.5. The fourth-order valence-corrected chi connectivity index (χ4v) is 2.89. The summed E-state index contributed by atoms with van der Waals surface area (Å²) in [5, 5.41) is 3.68. The first-order valence-corrected chi connectivity index (χ1v) is 5.24. The number of hydrogen-bond acceptors (Lipinski definition) is 1. The molecule has 68 valence electrons. The molecule has 0 aromatic heterocycles. The van der Waals surface area contributed by atoms with Crippen LogP contribution in [0.1, 0.15) is 30.7 Å². The molecular weight excluding hydrogens is 158 g/mol. The molecule has 1 aromatic rings. The largest absolute Gasteiger partial charge is 0.311 e. The Balaban J connectivity index is 1.87. The Hall–Kier alpha value is -0.820. The van der Waals surface area contributed by atoms with Crippen molar-refractivity contribution in [1.82, 2.24) is 5.32 Å². The van der Waals surface area contributed by atoms with E-state index in [1.165, 1.54) is 24.8 Å². The summed E-state index contributed by atoms with van der Waals surface area (Å²) in [6.45, 7) is 0. The molecule has 0 saturated carbocycles. The van der Waals surface area contributed by atoms with Crippen LogP contribution in [0, 0.1) is 0 Å². The number of benzene rings is 1. The predicted molar refractivity (Wildman–Crippen MR) is 53.7 cm³/mol. The van der Waals surface area contributed by atoms with E-state index >= 15 is 0 Å². The van der Waals surface area contributed by atoms with Crippen LogP contribution in [0.2, 0.25) is 0 Å². The van der Waals surface area contributed by atoms with Crippen LogP contribution in [0.25, 0.3) is 0 Å². The van der Waals surface area contributed by atoms with Crippen LogP contribution in [-0.2, 0) is 0 Å². The Labute approximate surface area is 79.2 Å². The van der Waals surface area contributed by atoms with Crippen LogP contribution in [0.3, 0.4) is 0 Å². The molecule has 0 spiro atoms. The van der Waals surface area contributed by atoms with Gasteiger partial charge in [-0.15, -0.1) is 0 Å². The standard InChI is InChI=1S/C12H15N/c1-2-4-9(5-3-1)11-8-10-6-7-12(11)13-10/h1-5,10-13H,6-8H2/t10-,11+,12-/m1/s1. The van der Waals surface area contributed by atoms with E-state index in [0.29, 0.717) is 0 Å². The third-order valence-corrected chi connectivity index (χ3v) is 3.53. The van der Waals surface area contributed by atoms with Gasteiger partial charge in [0.2, 0.25) is 0 Å². The monoisotopic (exact) mass is 173 g/mol. The van der Waals surface area contributed by atoms with Gasteiger partial charge >= 0.3 is 0 Å². The van der Waals surface area contributed by atoms with E-state index in [1.54, 1.807) is 0 Å². The predicted octanol–water partition coefficient (Wildman–Crippen LogP) is 2.29. The van der Waals surface area contributed by atoms with E-state index in [9.17, 15) is 0 Å². The first-order valence-electron chi connectivity index (χ1n) is 5.24. The quantitative estimate of drug-likeness (QED) is 0.687. The minimum absolute atomic E-state index is 0.771. The second kappa shape index (κ2) is 2.85. The summed E-state index contributed by atoms with van der Waals surface area (Å²) in [4.78, 5) is 0. The smallest absolute Gasteiger partial charge is 0.0139 e. The molecule has 2 bridgehead atoms. The summed E-state index contributed by atoms with van der Waals surface area (Å²) < 4.78 is 0. The van der Waals surface area contributed by atoms with Crippen molar-refractivity contribution in [1.29, 1.82) is 0 Å². The molecule has 1 N–H and O–H groups in total. The van der Waals surface area contributed by atoms with E-state index in [-0.39, 0.29) is 0 Å². The number of rotatable bonds is 1. The van der Waals surface area contributed by atoms with Gasteiger partial charge in [-0.25, -0.2) is 0 Å². The van der Waals surface area contributed by atoms with E-state index in [0.717, 1.165) is 18.0 Å². The van der Waals surface area contributed by atoms with E-state index in [1.807, 2.05) is 0 Å². The lowest BCUT2D eigenvalue weighted by Crippen LogP contribution is -2.21. The van der Waals surface area contributed by atoms with Gasteiger partial charge in [-0.05, 0) is 24.8 Å². The molecule has 2 aliphatic rings. The third kappa shape index (κ3) is 1.19. The maximum atomic E-state index is 3.68. The molecule has 3 rings (SSSR count). The first kappa shape index (κ1) is 7.57. The molecule has 2 saturated heterocycles. The summed E-state index contributed by atoms with van der Waals surface area (Å²) in [5.41, 5.74) is 1.53. The molecule has 0 aliphatic carbocycles. The lowest BCUT2D eigenvalue weighted by Gasteiger charge is -2.20. The molecule has 0 amide bonds. The molecule has 0 unspecified atom stereocenters. The second-order valence-corrected chi connectivity index (χ2v) is 4.30. The second-order valence-electron chi connectivity index (χ2n) is 4.30. The van der Waals surface area contributed by atoms with Gasteiger partial charge in [-0.3, -0.25) is 0 Å². The zero-order valence-electron chi connectivity index (χ0n) is 7.74. The minimum atomic E-state index is 0.771. The van der Waals surface area contributed by atoms with Crippen LogP contribution < -0.4 is 5.32 Å². The molecule has 2 aliphatic heterocycles. The third-order valence-electron chi connectivity index (χ3n) is 3.53. The van der Waals surface area contributed by atoms with Gasteiger partial charge in [0, 0.05) is 18.0 Å². The van der Waals surface area contributed by atoms with Crippen LogP contribution in [-0.4, -0.2) is 12.1 Å². The van der Waals surface area contributed by atoms with Crippen LogP contribution in [0.15, 0.2) is 30.3 Å². The fourth-order valence-electron chi connectivity index (χ4n) is 2.89. The first-order chi connectivity index (χ1) is 6.43. The van der Waals surface area contributed by atoms with Crippen molar-refractivity contribution < 1.29 is 0 Å². The Morgan fingerprint density at radius 1 is 1.08 bits per heavy atom. The summed E-state index contributed by atoms with van der Waals surface area (Å²) in [7, 11) is 0. The molecule has 1 aromatic carbocycles. The number of fused-ring (bicyclic) bond motifs is 2. The van der Waals surface area contributed by atoms with E-state index in [4.69, 9.17) is 0 Å². The Morgan fingerprint density at radius 2 is 1.92 bits per heavy atom. The average Bonchev–Trinajstić information content (AvgIpc) is 2.80. The van der Waals surface area contributed by atoms with E-state index in [2.05, 4.69) is 35.6 Å². The van der Waals surface area contributed by atoms with Gasteiger partial charge in [0.05, 0.1) is 0 Å². The lowest BCUT2D eigenvalue weighted by molar-refractivity contribution is 0.506. The van der Waals surface area contributed by atoms with Crippen LogP contribution >= 0.6 is 0 Å². The van der Waals surface area contributed by atoms with Crippen molar-refractivity contribution in [2.75, 3.05) is 0 Å². The van der Waals surface area contributed by atoms with Crippen molar-refractivity contribution in [2.45, 2.75) is 37.3 Å². The van der Waals surface area contributed by atoms with Crippen molar-refractivity contribution in [2.24, 2.45) is 0 Å². The average molecular weight is 173 g/mol. The minimum Gasteiger partial charge on any atom is -0.311 e. The molecule has 3 atom stereocenters. The Kier molecular flexibility index (Phi) is 1.66. The molecule has 2 fully saturated rings. The summed E-state index contributed by atoms with van der Waals surface area (Å²) >= 11 is 0. The SMILES string of the molecule is c1ccc([C@@H]2C[C@H]3CC[C@H]2N3)cc1. The molecule has 0 radical (unpaired) electrons. The van der Waals surface area contributed by atoms with Crippen molar-refractivity contribution >= 4 is 0 Å². The highest BCUT2D eigenvalue weighted by atomic mass is 15.0. The Bertz CT molecular complexity index is 293. The Morgan fingerprint density at radius 3 is 2.54 bits per heavy atom. The fraction of sp³-hybridized carbons (Fsp3) is 0.500. The lowest BCUT2D eigenvalue weighted by atomic mass is 9.84. The normalized spacial score (nSPS) is 36.8. The van der Waals surface area contributed by atoms with Gasteiger partial charge in [0.25, 0.3) is 0 Å². The van der Waals surface area contributed by atoms with Gasteiger partial charge in [-0.1, -0.05) is 30.3 Å². The summed E-state index contributed by atoms with van der Waals surface area (Å²) in [6.07, 6.45) is 4.13. The number of nitrogens with one attached hydrogen (secondary N) is 1. The van der Waals surface area contributed by atoms with Crippen molar-refractivity contribution in [3.63, 3.8) is 0 Å². The molecule has 2 heterocycles. The molecular formula is C12H15N. The van der Waals surface area contributed by atoms with Crippen LogP contribution in [0.5, 0.6) is 0 Å². The zero-order chi connectivity index (χ0) is 8.67. The maximum Gasteiger partial charge on any atom is 0.0139 e. The highest BCUT2D eigenvalue weighted by Gasteiger charge is 2.39. The number of hydrogen-bond donors (Lipinski definition) is 1. The van der Waals surface area contributed by atoms with E-state index < -0.39 is 0 Å². The van der Waals surface area contributed by atoms with Gasteiger partial charge in [0.1, 0.15) is 0 Å². The molecule has 1 nitrogen and oxygen atoms in total. The van der Waals surface area contributed by atoms with Gasteiger partial charge in [-0.2, -0.15) is 0 Å². The van der Waals surface area contributed by atoms with Gasteiger partial charge in [0.15, 0.2) is 0 Å². The zero-order valence-corrected chi connectivity index (χ0v) is 7.74. The molecule has 1 heteroatoms. The highest BCUT2D eigenvalue weighted by Crippen LogP contribution is 2.39. The topological polar surface area (TPSA) is 12.0 Å². The van der Waals surface area contributed by atoms with Crippen molar-refractivity contribution in [3.8, 4) is 0 Å². The van der Waals surface area contributed by atoms with Crippen molar-refractivity contribution in [3.05, 3.63) is 35.9 Å². The van der Waals surface area contributed by atoms with Crippen LogP contribution in [0.4, 0.5) is 0 Å².